The minimum Gasteiger partial charge on any atom is -0.487 e. The number of carbonyl (C=O) groups is 8. The van der Waals surface area contributed by atoms with E-state index in [-0.39, 0.29) is 93.2 Å². The van der Waals surface area contributed by atoms with Crippen LogP contribution in [0.4, 0.5) is 9.59 Å². The number of nitrogens with zero attached hydrogens (tertiary/aromatic N) is 5. The van der Waals surface area contributed by atoms with Crippen LogP contribution >= 0.6 is 0 Å². The highest BCUT2D eigenvalue weighted by Crippen LogP contribution is 2.46. The number of hydrogen-bond acceptors (Lipinski definition) is 23. The number of amides is 4. The van der Waals surface area contributed by atoms with Gasteiger partial charge in [-0.2, -0.15) is 0 Å². The van der Waals surface area contributed by atoms with Gasteiger partial charge in [0.25, 0.3) is 10.0 Å². The summed E-state index contributed by atoms with van der Waals surface area (Å²) in [4.78, 5) is 122. The van der Waals surface area contributed by atoms with E-state index in [0.29, 0.717) is 84.4 Å². The molecule has 0 saturated heterocycles. The number of sulfone groups is 1. The summed E-state index contributed by atoms with van der Waals surface area (Å²) in [5, 5.41) is 49.7. The molecular formula is C80H129N13O19S2. The fourth-order valence-electron chi connectivity index (χ4n) is 14.4. The number of aliphatic carboxylic acids is 1. The first-order valence-electron chi connectivity index (χ1n) is 39.5. The van der Waals surface area contributed by atoms with Crippen LogP contribution in [0.25, 0.3) is 0 Å². The molecule has 0 aliphatic carbocycles. The molecule has 2 aliphatic heterocycles. The molecule has 114 heavy (non-hydrogen) atoms. The Balaban J connectivity index is 1.54. The van der Waals surface area contributed by atoms with E-state index in [2.05, 4.69) is 46.3 Å². The number of carboxylic acid groups (broad SMARTS) is 1. The van der Waals surface area contributed by atoms with Crippen LogP contribution in [0, 0.1) is 71.1 Å². The molecule has 1 unspecified atom stereocenters. The Morgan fingerprint density at radius 3 is 1.75 bits per heavy atom. The molecule has 0 spiro atoms. The number of benzene rings is 2. The summed E-state index contributed by atoms with van der Waals surface area (Å²) < 4.78 is 84.5. The largest absolute Gasteiger partial charge is 0.487 e. The molecule has 1 aromatic heterocycles. The third-order valence-corrected chi connectivity index (χ3v) is 24.4. The number of nitrogens with two attached hydrogens (primary N) is 3. The molecule has 3 heterocycles. The van der Waals surface area contributed by atoms with Gasteiger partial charge in [-0.1, -0.05) is 45.7 Å². The molecular weight excluding hydrogens is 1510 g/mol. The summed E-state index contributed by atoms with van der Waals surface area (Å²) in [6, 6.07) is -5.15. The lowest BCUT2D eigenvalue weighted by atomic mass is 9.83. The van der Waals surface area contributed by atoms with Crippen LogP contribution in [0.1, 0.15) is 237 Å². The molecule has 34 heteroatoms. The summed E-state index contributed by atoms with van der Waals surface area (Å²) in [6.45, 7) is 35.1. The monoisotopic (exact) mass is 1640 g/mol. The number of hydrogen-bond donors (Lipinski definition) is 11. The van der Waals surface area contributed by atoms with Crippen LogP contribution in [0.5, 0.6) is 11.5 Å². The highest BCUT2D eigenvalue weighted by atomic mass is 32.2. The second kappa shape index (κ2) is 41.0. The first kappa shape index (κ1) is 96.2. The minimum atomic E-state index is -4.40. The maximum absolute atomic E-state index is 15.5. The van der Waals surface area contributed by atoms with Crippen molar-refractivity contribution in [3.8, 4) is 11.5 Å². The third-order valence-electron chi connectivity index (χ3n) is 20.8. The van der Waals surface area contributed by atoms with Gasteiger partial charge in [0.2, 0.25) is 17.8 Å². The number of fused-ring (bicyclic) bond motifs is 2. The van der Waals surface area contributed by atoms with Gasteiger partial charge in [-0.3, -0.25) is 38.8 Å². The topological polar surface area (TPSA) is 496 Å². The van der Waals surface area contributed by atoms with Gasteiger partial charge in [0, 0.05) is 105 Å². The number of sulfonamides is 1. The van der Waals surface area contributed by atoms with Gasteiger partial charge in [-0.05, 0) is 203 Å². The van der Waals surface area contributed by atoms with Gasteiger partial charge in [0.05, 0.1) is 39.8 Å². The molecule has 0 bridgehead atoms. The summed E-state index contributed by atoms with van der Waals surface area (Å²) in [6.07, 6.45) is -0.854. The zero-order valence-corrected chi connectivity index (χ0v) is 72.2. The fraction of sp³-hybridized carbons (Fsp3) is 0.700. The molecule has 8 atom stereocenters. The lowest BCUT2D eigenvalue weighted by Crippen LogP contribution is -2.50. The second-order valence-electron chi connectivity index (χ2n) is 34.3. The number of ketones is 3. The van der Waals surface area contributed by atoms with Crippen molar-refractivity contribution < 1.29 is 89.5 Å². The van der Waals surface area contributed by atoms with Crippen LogP contribution in [0.2, 0.25) is 0 Å². The van der Waals surface area contributed by atoms with Gasteiger partial charge in [-0.15, -0.1) is 5.10 Å². The first-order valence-corrected chi connectivity index (χ1v) is 42.7. The summed E-state index contributed by atoms with van der Waals surface area (Å²) >= 11 is 0. The van der Waals surface area contributed by atoms with Crippen molar-refractivity contribution in [3.05, 3.63) is 56.4 Å². The Morgan fingerprint density at radius 1 is 0.649 bits per heavy atom. The number of ether oxygens (including phenoxy) is 4. The molecule has 2 aromatic carbocycles. The number of rotatable bonds is 44. The standard InChI is InChI=1S/C80H129N13O19S2/c1-21-45(4)55(71(98)90-65(44(2)3)63(96)37-53(72(99)100)28-22-24-32-86-75(103)111-77(11,12)13)39-62(95)59(31-27-33-84-64(82)43-113(105,106)68-48(7)46(5)56-40-79(17,18)109-66(56)50(68)9)88-70(97)52(29-26-34-85-74(83)91-114(107,108)69-49(8)47(6)57-41-80(19,20)110-67(57)51(69)10)36-61(94)60(89-76(104)112-78(14,15)16)38-54-42-87-92-93(54)35-25-23-30-58(81)73(101)102/h42,44-45,52-53,55,58-60,65,72,99-100H,21-41,43,81H2,1-20H3,(H2,82,84)(H,86,103)(H,88,97)(H,89,104)(H,90,98)(H,101,102)(H3,83,85,91)/t45?,52-,53-,55+,58-,59+,60+,65+/m0/s1. The summed E-state index contributed by atoms with van der Waals surface area (Å²) in [7, 11) is -8.55. The lowest BCUT2D eigenvalue weighted by Gasteiger charge is -2.29. The molecule has 640 valence electrons. The summed E-state index contributed by atoms with van der Waals surface area (Å²) in [5.41, 5.74) is 21.2. The van der Waals surface area contributed by atoms with E-state index >= 15 is 14.4 Å². The van der Waals surface area contributed by atoms with Crippen molar-refractivity contribution >= 4 is 79.0 Å². The van der Waals surface area contributed by atoms with Crippen molar-refractivity contribution in [3.63, 3.8) is 0 Å². The first-order chi connectivity index (χ1) is 52.7. The van der Waals surface area contributed by atoms with Crippen molar-refractivity contribution in [1.29, 1.82) is 0 Å². The average Bonchev–Trinajstić information content (AvgIpc) is 1.53. The average molecular weight is 1640 g/mol. The molecule has 0 saturated carbocycles. The Hall–Kier alpha value is -8.34. The number of unbranched alkanes of at least 4 members (excludes halogenated alkanes) is 2. The zero-order chi connectivity index (χ0) is 86.1. The van der Waals surface area contributed by atoms with Gasteiger partial charge in [0.1, 0.15) is 51.5 Å². The Kier molecular flexibility index (Phi) is 34.6. The molecule has 4 amide bonds. The molecule has 5 rings (SSSR count). The number of aromatic nitrogens is 3. The highest BCUT2D eigenvalue weighted by Gasteiger charge is 2.41. The Labute approximate surface area is 672 Å². The van der Waals surface area contributed by atoms with Crippen LogP contribution in [-0.2, 0) is 83.9 Å². The van der Waals surface area contributed by atoms with Gasteiger partial charge < -0.3 is 72.7 Å². The van der Waals surface area contributed by atoms with Gasteiger partial charge >= 0.3 is 18.2 Å². The molecule has 0 fully saturated rings. The van der Waals surface area contributed by atoms with Crippen LogP contribution in [-0.4, -0.2) is 185 Å². The fourth-order valence-corrected chi connectivity index (χ4v) is 17.7. The van der Waals surface area contributed by atoms with Gasteiger partial charge in [-0.25, -0.2) is 35.8 Å². The Bertz CT molecular complexity index is 4230. The quantitative estimate of drug-likeness (QED) is 0.0112. The number of carboxylic acids is 1. The van der Waals surface area contributed by atoms with Crippen LogP contribution in [0.15, 0.2) is 26.0 Å². The highest BCUT2D eigenvalue weighted by molar-refractivity contribution is 7.92. The van der Waals surface area contributed by atoms with Crippen molar-refractivity contribution in [2.75, 3.05) is 25.4 Å². The SMILES string of the molecule is CCC(C)[C@@H](CC(=O)[C@@H](CCCN=C(N)CS(=O)(=O)c1c(C)c(C)c2c(c1C)OC(C)(C)C2)NC(=O)[C@@H](CCCN=C(N)NS(=O)(=O)c1c(C)c(C)c2c(c1C)OC(C)(C)C2)CC(=O)[C@@H](Cc1cnnn1CCCC[C@H](N)C(=O)O)NC(=O)OC(C)(C)C)C(=O)N[C@@H](C(=O)C[C@H](CCCCNC(=O)OC(C)(C)C)C(O)O)C(C)C. The van der Waals surface area contributed by atoms with Gasteiger partial charge in [0.15, 0.2) is 33.5 Å². The maximum atomic E-state index is 15.5. The molecule has 32 nitrogen and oxygen atoms in total. The number of aliphatic hydroxyl groups is 2. The summed E-state index contributed by atoms with van der Waals surface area (Å²) in [5.74, 6) is -9.54. The minimum absolute atomic E-state index is 0.0167. The van der Waals surface area contributed by atoms with Crippen LogP contribution in [0.3, 0.4) is 0 Å². The second-order valence-corrected chi connectivity index (χ2v) is 37.8. The van der Waals surface area contributed by atoms with Crippen molar-refractivity contribution in [1.82, 2.24) is 41.0 Å². The van der Waals surface area contributed by atoms with E-state index in [1.54, 1.807) is 96.9 Å². The number of carbonyl (C=O) groups excluding carboxylic acids is 7. The third kappa shape index (κ3) is 28.2. The molecule has 2 aliphatic rings. The van der Waals surface area contributed by atoms with E-state index in [1.807, 2.05) is 41.5 Å². The predicted octanol–water partition coefficient (Wildman–Crippen LogP) is 7.66. The normalized spacial score (nSPS) is 16.4. The zero-order valence-electron chi connectivity index (χ0n) is 70.6. The lowest BCUT2D eigenvalue weighted by molar-refractivity contribution is -0.138. The number of alkyl carbamates (subject to hydrolysis) is 2. The Morgan fingerprint density at radius 2 is 1.19 bits per heavy atom. The van der Waals surface area contributed by atoms with E-state index in [0.717, 1.165) is 22.3 Å². The van der Waals surface area contributed by atoms with Crippen LogP contribution < -0.4 is 52.7 Å². The smallest absolute Gasteiger partial charge is 0.408 e. The van der Waals surface area contributed by atoms with Crippen molar-refractivity contribution in [2.24, 2.45) is 56.8 Å². The number of aryl methyl sites for hydroxylation is 1. The molecule has 14 N–H and O–H groups in total. The number of aliphatic hydroxyl groups excluding tert-OH is 1. The van der Waals surface area contributed by atoms with E-state index in [1.165, 1.54) is 10.9 Å². The van der Waals surface area contributed by atoms with E-state index in [9.17, 15) is 56.1 Å². The molecule has 3 aromatic rings. The molecule has 0 radical (unpaired) electrons. The number of amidine groups is 1. The van der Waals surface area contributed by atoms with E-state index in [4.69, 9.17) is 36.1 Å². The van der Waals surface area contributed by atoms with E-state index < -0.39 is 174 Å². The number of aliphatic imine (C=N–C) groups is 2. The number of Topliss-reactive ketones (excluding diaryl/α,β-unsaturated/α-hetero) is 3. The number of nitrogens with one attached hydrogen (secondary N) is 5. The number of guanidine groups is 1. The van der Waals surface area contributed by atoms with Crippen molar-refractivity contribution in [2.45, 2.75) is 317 Å². The predicted molar refractivity (Wildman–Crippen MR) is 432 cm³/mol. The maximum Gasteiger partial charge on any atom is 0.408 e.